The van der Waals surface area contributed by atoms with Gasteiger partial charge in [-0.1, -0.05) is 11.6 Å². The minimum absolute atomic E-state index is 0.254. The predicted molar refractivity (Wildman–Crippen MR) is 86.8 cm³/mol. The zero-order valence-corrected chi connectivity index (χ0v) is 13.4. The molecule has 0 unspecified atom stereocenters. The van der Waals surface area contributed by atoms with Gasteiger partial charge in [0.05, 0.1) is 16.3 Å². The fraction of sp³-hybridized carbons (Fsp3) is 0.467. The Balaban J connectivity index is 2.08. The van der Waals surface area contributed by atoms with Crippen LogP contribution < -0.4 is 11.1 Å². The summed E-state index contributed by atoms with van der Waals surface area (Å²) in [6, 6.07) is 4.77. The van der Waals surface area contributed by atoms with Crippen LogP contribution in [0.1, 0.15) is 25.7 Å². The first-order valence-electron chi connectivity index (χ1n) is 7.15. The van der Waals surface area contributed by atoms with E-state index < -0.39 is 10.0 Å². The highest BCUT2D eigenvalue weighted by Gasteiger charge is 2.18. The van der Waals surface area contributed by atoms with E-state index in [1.807, 2.05) is 0 Å². The number of hydrogen-bond donors (Lipinski definition) is 2. The van der Waals surface area contributed by atoms with Crippen molar-refractivity contribution in [3.8, 4) is 0 Å². The number of hydrogen-bond acceptors (Lipinski definition) is 4. The van der Waals surface area contributed by atoms with Crippen molar-refractivity contribution in [1.29, 1.82) is 0 Å². The number of allylic oxidation sites excluding steroid dienone is 1. The molecule has 0 aliphatic heterocycles. The summed E-state index contributed by atoms with van der Waals surface area (Å²) in [5, 5.41) is 3.24. The van der Waals surface area contributed by atoms with Gasteiger partial charge < -0.3 is 11.1 Å². The lowest BCUT2D eigenvalue weighted by atomic mass is 10.1. The second-order valence-corrected chi connectivity index (χ2v) is 7.62. The van der Waals surface area contributed by atoms with E-state index in [2.05, 4.69) is 11.4 Å². The summed E-state index contributed by atoms with van der Waals surface area (Å²) in [6.07, 6.45) is 6.86. The van der Waals surface area contributed by atoms with E-state index in [4.69, 9.17) is 5.73 Å². The molecule has 0 atom stereocenters. The Bertz CT molecular complexity index is 636. The molecule has 5 nitrogen and oxygen atoms in total. The molecule has 21 heavy (non-hydrogen) atoms. The van der Waals surface area contributed by atoms with E-state index >= 15 is 0 Å². The molecule has 3 N–H and O–H groups in total. The SMILES string of the molecule is CN(C)S(=O)(=O)c1ccc(N)c(NCCC2=CCCC2)c1. The van der Waals surface area contributed by atoms with Crippen molar-refractivity contribution >= 4 is 21.4 Å². The second-order valence-electron chi connectivity index (χ2n) is 5.47. The van der Waals surface area contributed by atoms with Crippen LogP contribution in [0.5, 0.6) is 0 Å². The average molecular weight is 309 g/mol. The molecule has 0 saturated heterocycles. The number of sulfonamides is 1. The van der Waals surface area contributed by atoms with Crippen LogP contribution >= 0.6 is 0 Å². The molecular weight excluding hydrogens is 286 g/mol. The standard InChI is InChI=1S/C15H23N3O2S/c1-18(2)21(19,20)13-7-8-14(16)15(11-13)17-10-9-12-5-3-4-6-12/h5,7-8,11,17H,3-4,6,9-10,16H2,1-2H3. The summed E-state index contributed by atoms with van der Waals surface area (Å²) < 4.78 is 25.5. The largest absolute Gasteiger partial charge is 0.397 e. The average Bonchev–Trinajstić information content (AvgIpc) is 2.93. The van der Waals surface area contributed by atoms with E-state index in [9.17, 15) is 8.42 Å². The highest BCUT2D eigenvalue weighted by Crippen LogP contribution is 2.25. The normalized spacial score (nSPS) is 15.3. The Morgan fingerprint density at radius 1 is 1.33 bits per heavy atom. The Morgan fingerprint density at radius 2 is 2.10 bits per heavy atom. The van der Waals surface area contributed by atoms with Crippen molar-refractivity contribution in [3.63, 3.8) is 0 Å². The smallest absolute Gasteiger partial charge is 0.242 e. The number of anilines is 2. The maximum atomic E-state index is 12.1. The van der Waals surface area contributed by atoms with Crippen LogP contribution in [-0.2, 0) is 10.0 Å². The van der Waals surface area contributed by atoms with Crippen LogP contribution in [0.3, 0.4) is 0 Å². The van der Waals surface area contributed by atoms with Gasteiger partial charge >= 0.3 is 0 Å². The molecular formula is C15H23N3O2S. The molecule has 1 aliphatic rings. The van der Waals surface area contributed by atoms with Gasteiger partial charge in [0.25, 0.3) is 0 Å². The zero-order valence-electron chi connectivity index (χ0n) is 12.6. The van der Waals surface area contributed by atoms with Gasteiger partial charge in [-0.05, 0) is 43.9 Å². The first-order valence-corrected chi connectivity index (χ1v) is 8.59. The molecule has 0 aromatic heterocycles. The van der Waals surface area contributed by atoms with E-state index in [-0.39, 0.29) is 4.90 Å². The number of rotatable bonds is 6. The molecule has 116 valence electrons. The van der Waals surface area contributed by atoms with Crippen molar-refractivity contribution in [1.82, 2.24) is 4.31 Å². The highest BCUT2D eigenvalue weighted by molar-refractivity contribution is 7.89. The summed E-state index contributed by atoms with van der Waals surface area (Å²) in [5.41, 5.74) is 8.63. The van der Waals surface area contributed by atoms with Crippen molar-refractivity contribution in [2.24, 2.45) is 0 Å². The molecule has 0 heterocycles. The third kappa shape index (κ3) is 3.77. The maximum absolute atomic E-state index is 12.1. The third-order valence-corrected chi connectivity index (χ3v) is 5.51. The number of nitrogens with one attached hydrogen (secondary N) is 1. The molecule has 6 heteroatoms. The van der Waals surface area contributed by atoms with E-state index in [1.54, 1.807) is 12.1 Å². The molecule has 0 radical (unpaired) electrons. The summed E-state index contributed by atoms with van der Waals surface area (Å²) in [6.45, 7) is 0.765. The summed E-state index contributed by atoms with van der Waals surface area (Å²) in [5.74, 6) is 0. The van der Waals surface area contributed by atoms with Crippen LogP contribution in [0.2, 0.25) is 0 Å². The minimum atomic E-state index is -3.43. The van der Waals surface area contributed by atoms with Crippen molar-refractivity contribution < 1.29 is 8.42 Å². The number of nitrogens with zero attached hydrogens (tertiary/aromatic N) is 1. The second kappa shape index (κ2) is 6.49. The summed E-state index contributed by atoms with van der Waals surface area (Å²) in [4.78, 5) is 0.254. The lowest BCUT2D eigenvalue weighted by Crippen LogP contribution is -2.22. The zero-order chi connectivity index (χ0) is 15.5. The van der Waals surface area contributed by atoms with Gasteiger partial charge in [0.1, 0.15) is 0 Å². The van der Waals surface area contributed by atoms with Crippen LogP contribution in [0, 0.1) is 0 Å². The van der Waals surface area contributed by atoms with Gasteiger partial charge in [0.15, 0.2) is 0 Å². The molecule has 1 aromatic carbocycles. The number of nitrogen functional groups attached to an aromatic ring is 1. The fourth-order valence-corrected chi connectivity index (χ4v) is 3.31. The van der Waals surface area contributed by atoms with Crippen molar-refractivity contribution in [3.05, 3.63) is 29.8 Å². The third-order valence-electron chi connectivity index (χ3n) is 3.70. The molecule has 0 fully saturated rings. The lowest BCUT2D eigenvalue weighted by molar-refractivity contribution is 0.521. The fourth-order valence-electron chi connectivity index (χ4n) is 2.38. The number of benzene rings is 1. The first-order chi connectivity index (χ1) is 9.91. The van der Waals surface area contributed by atoms with Gasteiger partial charge in [-0.3, -0.25) is 0 Å². The molecule has 0 spiro atoms. The highest BCUT2D eigenvalue weighted by atomic mass is 32.2. The minimum Gasteiger partial charge on any atom is -0.397 e. The molecule has 0 amide bonds. The molecule has 1 aromatic rings. The summed E-state index contributed by atoms with van der Waals surface area (Å²) >= 11 is 0. The number of nitrogens with two attached hydrogens (primary N) is 1. The van der Waals surface area contributed by atoms with E-state index in [0.29, 0.717) is 11.4 Å². The monoisotopic (exact) mass is 309 g/mol. The van der Waals surface area contributed by atoms with E-state index in [0.717, 1.165) is 13.0 Å². The van der Waals surface area contributed by atoms with Crippen molar-refractivity contribution in [2.75, 3.05) is 31.7 Å². The van der Waals surface area contributed by atoms with Gasteiger partial charge in [-0.15, -0.1) is 0 Å². The van der Waals surface area contributed by atoms with Crippen LogP contribution in [0.15, 0.2) is 34.7 Å². The Morgan fingerprint density at radius 3 is 2.71 bits per heavy atom. The van der Waals surface area contributed by atoms with Crippen LogP contribution in [0.4, 0.5) is 11.4 Å². The molecule has 0 bridgehead atoms. The topological polar surface area (TPSA) is 75.4 Å². The quantitative estimate of drug-likeness (QED) is 0.625. The predicted octanol–water partition coefficient (Wildman–Crippen LogP) is 2.43. The van der Waals surface area contributed by atoms with Crippen LogP contribution in [-0.4, -0.2) is 33.4 Å². The Kier molecular flexibility index (Phi) is 4.90. The first kappa shape index (κ1) is 15.9. The van der Waals surface area contributed by atoms with Crippen LogP contribution in [0.25, 0.3) is 0 Å². The van der Waals surface area contributed by atoms with Gasteiger partial charge in [-0.2, -0.15) is 0 Å². The van der Waals surface area contributed by atoms with Gasteiger partial charge in [0, 0.05) is 20.6 Å². The lowest BCUT2D eigenvalue weighted by Gasteiger charge is -2.15. The van der Waals surface area contributed by atoms with Gasteiger partial charge in [-0.25, -0.2) is 12.7 Å². The van der Waals surface area contributed by atoms with Crippen molar-refractivity contribution in [2.45, 2.75) is 30.6 Å². The molecule has 0 saturated carbocycles. The maximum Gasteiger partial charge on any atom is 0.242 e. The molecule has 2 rings (SSSR count). The van der Waals surface area contributed by atoms with Gasteiger partial charge in [0.2, 0.25) is 10.0 Å². The molecule has 1 aliphatic carbocycles. The van der Waals surface area contributed by atoms with E-state index in [1.165, 1.54) is 49.3 Å². The Labute approximate surface area is 126 Å². The summed E-state index contributed by atoms with van der Waals surface area (Å²) in [7, 11) is -0.392. The Hall–Kier alpha value is -1.53.